The van der Waals surface area contributed by atoms with Gasteiger partial charge in [0, 0.05) is 13.3 Å². The Hall–Kier alpha value is -1.82. The number of allylic oxidation sites excluding steroid dienone is 4. The Balaban J connectivity index is 2.23. The number of ether oxygens (including phenoxy) is 4. The molecule has 0 aromatic rings. The molecule has 0 spiro atoms. The van der Waals surface area contributed by atoms with Crippen molar-refractivity contribution >= 4 is 11.9 Å². The van der Waals surface area contributed by atoms with E-state index in [-0.39, 0.29) is 19.6 Å². The van der Waals surface area contributed by atoms with Crippen molar-refractivity contribution in [1.29, 1.82) is 0 Å². The van der Waals surface area contributed by atoms with Gasteiger partial charge in [0.25, 0.3) is 0 Å². The molecule has 40 heavy (non-hydrogen) atoms. The first-order chi connectivity index (χ1) is 19.3. The number of aliphatic hydroxyl groups is 4. The Kier molecular flexibility index (Phi) is 20.7. The smallest absolute Gasteiger partial charge is 0.306 e. The van der Waals surface area contributed by atoms with Gasteiger partial charge in [-0.15, -0.1) is 0 Å². The number of hydrogen-bond donors (Lipinski definition) is 4. The molecule has 6 atom stereocenters. The highest BCUT2D eigenvalue weighted by atomic mass is 16.7. The van der Waals surface area contributed by atoms with E-state index in [0.29, 0.717) is 6.42 Å². The Labute approximate surface area is 239 Å². The van der Waals surface area contributed by atoms with Crippen LogP contribution in [0.2, 0.25) is 0 Å². The number of aliphatic hydroxyl groups excluding tert-OH is 4. The zero-order valence-electron chi connectivity index (χ0n) is 24.3. The average Bonchev–Trinajstić information content (AvgIpc) is 2.93. The molecule has 232 valence electrons. The molecule has 6 unspecified atom stereocenters. The molecule has 0 saturated carbocycles. The maximum atomic E-state index is 12.3. The van der Waals surface area contributed by atoms with E-state index in [4.69, 9.17) is 18.9 Å². The summed E-state index contributed by atoms with van der Waals surface area (Å²) >= 11 is 0. The molecule has 1 aliphatic rings. The summed E-state index contributed by atoms with van der Waals surface area (Å²) in [6.45, 7) is 2.32. The summed E-state index contributed by atoms with van der Waals surface area (Å²) in [7, 11) is 0. The van der Waals surface area contributed by atoms with E-state index < -0.39 is 55.4 Å². The molecule has 1 rings (SSSR count). The summed E-state index contributed by atoms with van der Waals surface area (Å²) in [5.74, 6) is -1.02. The molecule has 1 heterocycles. The lowest BCUT2D eigenvalue weighted by Gasteiger charge is -2.39. The third-order valence-electron chi connectivity index (χ3n) is 6.65. The van der Waals surface area contributed by atoms with Crippen molar-refractivity contribution in [3.05, 3.63) is 24.3 Å². The Morgan fingerprint density at radius 1 is 0.825 bits per heavy atom. The van der Waals surface area contributed by atoms with Gasteiger partial charge in [0.2, 0.25) is 0 Å². The van der Waals surface area contributed by atoms with E-state index in [1.807, 2.05) is 0 Å². The van der Waals surface area contributed by atoms with Crippen LogP contribution in [0, 0.1) is 0 Å². The highest BCUT2D eigenvalue weighted by molar-refractivity contribution is 5.69. The van der Waals surface area contributed by atoms with Crippen molar-refractivity contribution in [3.8, 4) is 0 Å². The highest BCUT2D eigenvalue weighted by Gasteiger charge is 2.44. The Morgan fingerprint density at radius 3 is 2.08 bits per heavy atom. The van der Waals surface area contributed by atoms with E-state index in [9.17, 15) is 30.0 Å². The summed E-state index contributed by atoms with van der Waals surface area (Å²) in [5.41, 5.74) is 0. The third kappa shape index (κ3) is 16.4. The Morgan fingerprint density at radius 2 is 1.45 bits per heavy atom. The average molecular weight is 573 g/mol. The van der Waals surface area contributed by atoms with Crippen LogP contribution in [0.15, 0.2) is 24.3 Å². The van der Waals surface area contributed by atoms with Crippen LogP contribution in [0.1, 0.15) is 97.3 Å². The molecule has 1 aliphatic heterocycles. The van der Waals surface area contributed by atoms with Crippen LogP contribution in [-0.4, -0.2) is 89.0 Å². The maximum absolute atomic E-state index is 12.3. The quantitative estimate of drug-likeness (QED) is 0.0862. The molecule has 0 bridgehead atoms. The summed E-state index contributed by atoms with van der Waals surface area (Å²) in [6.07, 6.45) is 14.2. The maximum Gasteiger partial charge on any atom is 0.306 e. The van der Waals surface area contributed by atoms with Gasteiger partial charge in [0.1, 0.15) is 31.0 Å². The molecule has 10 heteroatoms. The minimum absolute atomic E-state index is 0.210. The van der Waals surface area contributed by atoms with Crippen LogP contribution >= 0.6 is 0 Å². The van der Waals surface area contributed by atoms with Crippen LogP contribution in [-0.2, 0) is 28.5 Å². The zero-order chi connectivity index (χ0) is 29.6. The largest absolute Gasteiger partial charge is 0.462 e. The number of hydrogen-bond acceptors (Lipinski definition) is 10. The Bertz CT molecular complexity index is 723. The van der Waals surface area contributed by atoms with Crippen LogP contribution < -0.4 is 0 Å². The van der Waals surface area contributed by atoms with Gasteiger partial charge >= 0.3 is 11.9 Å². The van der Waals surface area contributed by atoms with Gasteiger partial charge in [0.15, 0.2) is 12.4 Å². The molecule has 4 N–H and O–H groups in total. The predicted molar refractivity (Wildman–Crippen MR) is 150 cm³/mol. The predicted octanol–water partition coefficient (Wildman–Crippen LogP) is 3.48. The molecule has 0 amide bonds. The molecule has 1 saturated heterocycles. The van der Waals surface area contributed by atoms with Crippen molar-refractivity contribution in [3.63, 3.8) is 0 Å². The number of esters is 2. The number of carbonyl (C=O) groups is 2. The van der Waals surface area contributed by atoms with Crippen LogP contribution in [0.25, 0.3) is 0 Å². The zero-order valence-corrected chi connectivity index (χ0v) is 24.3. The molecular formula is C30H52O10. The van der Waals surface area contributed by atoms with E-state index >= 15 is 0 Å². The van der Waals surface area contributed by atoms with Gasteiger partial charge in [-0.05, 0) is 38.5 Å². The molecule has 10 nitrogen and oxygen atoms in total. The third-order valence-corrected chi connectivity index (χ3v) is 6.65. The fourth-order valence-electron chi connectivity index (χ4n) is 4.24. The fraction of sp³-hybridized carbons (Fsp3) is 0.800. The molecule has 1 fully saturated rings. The second-order valence-electron chi connectivity index (χ2n) is 10.3. The van der Waals surface area contributed by atoms with Crippen molar-refractivity contribution in [2.75, 3.05) is 19.8 Å². The SMILES string of the molecule is CCCCCC/C=C\C/C=C\CCCCCCCC(=O)OC(COC(C)=O)COC1OC(CO)C(O)C(O)C1O. The standard InChI is InChI=1S/C30H52O10/c1-3-4-5-6-7-8-9-10-11-12-13-14-15-16-17-18-19-26(33)39-24(21-37-23(2)32)22-38-30-29(36)28(35)27(34)25(20-31)40-30/h8-9,11-12,24-25,27-31,34-36H,3-7,10,13-22H2,1-2H3/b9-8-,12-11-. The van der Waals surface area contributed by atoms with Gasteiger partial charge in [0.05, 0.1) is 13.2 Å². The fourth-order valence-corrected chi connectivity index (χ4v) is 4.24. The highest BCUT2D eigenvalue weighted by Crippen LogP contribution is 2.22. The van der Waals surface area contributed by atoms with Gasteiger partial charge in [-0.25, -0.2) is 0 Å². The summed E-state index contributed by atoms with van der Waals surface area (Å²) in [4.78, 5) is 23.6. The number of unbranched alkanes of at least 4 members (excludes halogenated alkanes) is 9. The minimum atomic E-state index is -1.59. The first-order valence-electron chi connectivity index (χ1n) is 14.8. The summed E-state index contributed by atoms with van der Waals surface area (Å²) in [6, 6.07) is 0. The van der Waals surface area contributed by atoms with Crippen molar-refractivity contribution in [1.82, 2.24) is 0 Å². The van der Waals surface area contributed by atoms with Crippen molar-refractivity contribution < 1.29 is 49.0 Å². The molecule has 0 aromatic heterocycles. The van der Waals surface area contributed by atoms with E-state index in [1.54, 1.807) is 0 Å². The lowest BCUT2D eigenvalue weighted by molar-refractivity contribution is -0.305. The van der Waals surface area contributed by atoms with Gasteiger partial charge < -0.3 is 39.4 Å². The van der Waals surface area contributed by atoms with E-state index in [2.05, 4.69) is 31.2 Å². The lowest BCUT2D eigenvalue weighted by atomic mass is 9.99. The van der Waals surface area contributed by atoms with E-state index in [0.717, 1.165) is 38.5 Å². The van der Waals surface area contributed by atoms with Crippen LogP contribution in [0.3, 0.4) is 0 Å². The summed E-state index contributed by atoms with van der Waals surface area (Å²) in [5, 5.41) is 39.2. The molecular weight excluding hydrogens is 520 g/mol. The molecule has 0 aromatic carbocycles. The monoisotopic (exact) mass is 572 g/mol. The topological polar surface area (TPSA) is 152 Å². The van der Waals surface area contributed by atoms with Gasteiger partial charge in [-0.3, -0.25) is 9.59 Å². The second kappa shape index (κ2) is 22.8. The van der Waals surface area contributed by atoms with Crippen LogP contribution in [0.5, 0.6) is 0 Å². The lowest BCUT2D eigenvalue weighted by Crippen LogP contribution is -2.59. The minimum Gasteiger partial charge on any atom is -0.462 e. The molecule has 0 radical (unpaired) electrons. The van der Waals surface area contributed by atoms with Crippen molar-refractivity contribution in [2.45, 2.75) is 134 Å². The van der Waals surface area contributed by atoms with E-state index in [1.165, 1.54) is 39.0 Å². The van der Waals surface area contributed by atoms with Gasteiger partial charge in [-0.1, -0.05) is 69.8 Å². The normalized spacial score (nSPS) is 24.0. The number of carbonyl (C=O) groups excluding carboxylic acids is 2. The second-order valence-corrected chi connectivity index (χ2v) is 10.3. The molecule has 0 aliphatic carbocycles. The van der Waals surface area contributed by atoms with Crippen molar-refractivity contribution in [2.24, 2.45) is 0 Å². The van der Waals surface area contributed by atoms with Crippen LogP contribution in [0.4, 0.5) is 0 Å². The van der Waals surface area contributed by atoms with Gasteiger partial charge in [-0.2, -0.15) is 0 Å². The summed E-state index contributed by atoms with van der Waals surface area (Å²) < 4.78 is 21.1. The first kappa shape index (κ1) is 36.2. The number of rotatable bonds is 22. The first-order valence-corrected chi connectivity index (χ1v) is 14.8.